The minimum atomic E-state index is -0.296. The van der Waals surface area contributed by atoms with E-state index in [1.807, 2.05) is 0 Å². The Hall–Kier alpha value is -6.03. The summed E-state index contributed by atoms with van der Waals surface area (Å²) in [6.45, 7) is 1.00. The molecule has 3 heteroatoms. The van der Waals surface area contributed by atoms with Crippen LogP contribution in [-0.4, -0.2) is 0 Å². The maximum atomic E-state index is 6.47. The number of benzene rings is 9. The molecule has 9 aromatic carbocycles. The normalized spacial score (nSPS) is 11.5. The summed E-state index contributed by atoms with van der Waals surface area (Å²) in [5.74, 6) is 1.72. The quantitative estimate of drug-likeness (QED) is 0.112. The molecule has 51 heavy (non-hydrogen) atoms. The Labute approximate surface area is 300 Å². The van der Waals surface area contributed by atoms with E-state index in [0.29, 0.717) is 13.2 Å². The number of fused-ring (bicyclic) bond motifs is 4. The molecule has 0 fully saturated rings. The van der Waals surface area contributed by atoms with Crippen LogP contribution in [0.3, 0.4) is 0 Å². The lowest BCUT2D eigenvalue weighted by molar-refractivity contribution is 0.309. The molecule has 2 nitrogen and oxygen atoms in total. The number of rotatable bonds is 9. The van der Waals surface area contributed by atoms with Crippen molar-refractivity contribution in [3.63, 3.8) is 0 Å². The Morgan fingerprint density at radius 1 is 0.314 bits per heavy atom. The fraction of sp³-hybridized carbons (Fsp3) is 0.0417. The van der Waals surface area contributed by atoms with Gasteiger partial charge in [-0.3, -0.25) is 0 Å². The van der Waals surface area contributed by atoms with Gasteiger partial charge in [0, 0.05) is 11.1 Å². The molecule has 0 saturated carbocycles. The molecule has 0 N–H and O–H groups in total. The van der Waals surface area contributed by atoms with E-state index in [-0.39, 0.29) is 10.9 Å². The van der Waals surface area contributed by atoms with E-state index in [4.69, 9.17) is 9.47 Å². The topological polar surface area (TPSA) is 18.5 Å². The van der Waals surface area contributed by atoms with Gasteiger partial charge < -0.3 is 9.47 Å². The highest BCUT2D eigenvalue weighted by molar-refractivity contribution is 7.97. The zero-order valence-electron chi connectivity index (χ0n) is 28.0. The molecule has 9 rings (SSSR count). The Morgan fingerprint density at radius 3 is 1.00 bits per heavy atom. The first-order valence-corrected chi connectivity index (χ1v) is 18.5. The van der Waals surface area contributed by atoms with E-state index in [2.05, 4.69) is 188 Å². The van der Waals surface area contributed by atoms with E-state index < -0.39 is 0 Å². The molecule has 0 aromatic heterocycles. The lowest BCUT2D eigenvalue weighted by atomic mass is 9.97. The standard InChI is InChI=1S/C48H35O2S/c1-2-16-40(17-3-1)51(41-26-22-38(23-27-41)49-32-47-43-18-8-4-12-34(43)30-35-13-5-9-19-44(35)47)42-28-24-39(25-29-42)50-33-48-45-20-10-6-14-36(45)31-37-15-7-11-21-46(37)48/h1-31H,32-33H2/q+1. The molecule has 0 heterocycles. The van der Waals surface area contributed by atoms with Crippen LogP contribution in [0.25, 0.3) is 43.1 Å². The van der Waals surface area contributed by atoms with Crippen LogP contribution in [0.2, 0.25) is 0 Å². The molecule has 0 saturated heterocycles. The molecule has 0 aliphatic carbocycles. The van der Waals surface area contributed by atoms with E-state index in [1.54, 1.807) is 0 Å². The highest BCUT2D eigenvalue weighted by Crippen LogP contribution is 2.35. The molecule has 0 aliphatic rings. The summed E-state index contributed by atoms with van der Waals surface area (Å²) in [5, 5.41) is 9.86. The molecular formula is C48H35O2S+. The third kappa shape index (κ3) is 6.18. The largest absolute Gasteiger partial charge is 0.489 e. The Bertz CT molecular complexity index is 2360. The molecular weight excluding hydrogens is 641 g/mol. The molecule has 244 valence electrons. The highest BCUT2D eigenvalue weighted by Gasteiger charge is 2.28. The van der Waals surface area contributed by atoms with Gasteiger partial charge in [-0.25, -0.2) is 0 Å². The number of hydrogen-bond acceptors (Lipinski definition) is 2. The summed E-state index contributed by atoms with van der Waals surface area (Å²) < 4.78 is 12.9. The number of hydrogen-bond donors (Lipinski definition) is 0. The van der Waals surface area contributed by atoms with Gasteiger partial charge in [0.15, 0.2) is 14.7 Å². The summed E-state index contributed by atoms with van der Waals surface area (Å²) in [6, 6.07) is 66.8. The second-order valence-electron chi connectivity index (χ2n) is 12.7. The van der Waals surface area contributed by atoms with Gasteiger partial charge in [0.1, 0.15) is 24.7 Å². The van der Waals surface area contributed by atoms with E-state index in [1.165, 1.54) is 68.9 Å². The van der Waals surface area contributed by atoms with Crippen LogP contribution < -0.4 is 9.47 Å². The molecule has 9 aromatic rings. The van der Waals surface area contributed by atoms with Gasteiger partial charge in [-0.1, -0.05) is 115 Å². The molecule has 0 aliphatic heterocycles. The Balaban J connectivity index is 0.972. The Morgan fingerprint density at radius 2 is 0.627 bits per heavy atom. The van der Waals surface area contributed by atoms with Crippen molar-refractivity contribution in [2.45, 2.75) is 27.9 Å². The van der Waals surface area contributed by atoms with Gasteiger partial charge in [-0.2, -0.15) is 0 Å². The van der Waals surface area contributed by atoms with Crippen molar-refractivity contribution in [1.29, 1.82) is 0 Å². The van der Waals surface area contributed by atoms with Gasteiger partial charge in [0.2, 0.25) is 0 Å². The van der Waals surface area contributed by atoms with Crippen LogP contribution in [-0.2, 0) is 24.1 Å². The van der Waals surface area contributed by atoms with Crippen molar-refractivity contribution in [2.75, 3.05) is 0 Å². The summed E-state index contributed by atoms with van der Waals surface area (Å²) in [6.07, 6.45) is 0. The number of ether oxygens (including phenoxy) is 2. The van der Waals surface area contributed by atoms with Crippen LogP contribution in [0.1, 0.15) is 11.1 Å². The third-order valence-corrected chi connectivity index (χ3v) is 11.9. The first-order chi connectivity index (χ1) is 25.3. The summed E-state index contributed by atoms with van der Waals surface area (Å²) in [7, 11) is -0.296. The summed E-state index contributed by atoms with van der Waals surface area (Å²) in [4.78, 5) is 3.74. The second kappa shape index (κ2) is 13.7. The average molecular weight is 676 g/mol. The van der Waals surface area contributed by atoms with Crippen LogP contribution in [0.4, 0.5) is 0 Å². The van der Waals surface area contributed by atoms with Crippen molar-refractivity contribution >= 4 is 54.0 Å². The monoisotopic (exact) mass is 675 g/mol. The van der Waals surface area contributed by atoms with Crippen LogP contribution >= 0.6 is 0 Å². The maximum Gasteiger partial charge on any atom is 0.166 e. The summed E-state index contributed by atoms with van der Waals surface area (Å²) >= 11 is 0. The lowest BCUT2D eigenvalue weighted by Crippen LogP contribution is -2.05. The molecule has 0 unspecified atom stereocenters. The molecule has 0 spiro atoms. The van der Waals surface area contributed by atoms with Crippen LogP contribution in [0.15, 0.2) is 203 Å². The molecule has 0 atom stereocenters. The van der Waals surface area contributed by atoms with Crippen molar-refractivity contribution < 1.29 is 9.47 Å². The Kier molecular flexibility index (Phi) is 8.33. The molecule has 0 amide bonds. The predicted octanol–water partition coefficient (Wildman–Crippen LogP) is 12.6. The molecule has 0 bridgehead atoms. The molecule has 0 radical (unpaired) electrons. The lowest BCUT2D eigenvalue weighted by Gasteiger charge is -2.14. The van der Waals surface area contributed by atoms with Crippen molar-refractivity contribution in [1.82, 2.24) is 0 Å². The summed E-state index contributed by atoms with van der Waals surface area (Å²) in [5.41, 5.74) is 2.43. The third-order valence-electron chi connectivity index (χ3n) is 9.63. The van der Waals surface area contributed by atoms with Gasteiger partial charge in [-0.15, -0.1) is 0 Å². The first-order valence-electron chi connectivity index (χ1n) is 17.3. The van der Waals surface area contributed by atoms with E-state index in [9.17, 15) is 0 Å². The van der Waals surface area contributed by atoms with Crippen molar-refractivity contribution in [2.24, 2.45) is 0 Å². The minimum absolute atomic E-state index is 0.296. The average Bonchev–Trinajstić information content (AvgIpc) is 3.19. The van der Waals surface area contributed by atoms with Gasteiger partial charge in [-0.05, 0) is 116 Å². The highest BCUT2D eigenvalue weighted by atomic mass is 32.2. The zero-order valence-corrected chi connectivity index (χ0v) is 28.9. The fourth-order valence-electron chi connectivity index (χ4n) is 7.15. The zero-order chi connectivity index (χ0) is 34.0. The van der Waals surface area contributed by atoms with Crippen LogP contribution in [0, 0.1) is 0 Å². The van der Waals surface area contributed by atoms with Gasteiger partial charge in [0.25, 0.3) is 0 Å². The first kappa shape index (κ1) is 31.0. The van der Waals surface area contributed by atoms with E-state index in [0.717, 1.165) is 11.5 Å². The SMILES string of the molecule is c1ccc([S+](c2ccc(OCc3c4ccccc4cc4ccccc34)cc2)c2ccc(OCc3c4ccccc4cc4ccccc34)cc2)cc1. The fourth-order valence-corrected chi connectivity index (χ4v) is 9.21. The smallest absolute Gasteiger partial charge is 0.166 e. The van der Waals surface area contributed by atoms with Crippen molar-refractivity contribution in [3.8, 4) is 11.5 Å². The minimum Gasteiger partial charge on any atom is -0.489 e. The van der Waals surface area contributed by atoms with Gasteiger partial charge >= 0.3 is 0 Å². The van der Waals surface area contributed by atoms with Crippen LogP contribution in [0.5, 0.6) is 11.5 Å². The van der Waals surface area contributed by atoms with E-state index >= 15 is 0 Å². The maximum absolute atomic E-state index is 6.47. The van der Waals surface area contributed by atoms with Crippen molar-refractivity contribution in [3.05, 3.63) is 199 Å². The second-order valence-corrected chi connectivity index (χ2v) is 14.8. The predicted molar refractivity (Wildman–Crippen MR) is 213 cm³/mol. The van der Waals surface area contributed by atoms with Gasteiger partial charge in [0.05, 0.1) is 10.9 Å².